The maximum Gasteiger partial charge on any atom is 0.253 e. The minimum absolute atomic E-state index is 0.0323. The SMILES string of the molecule is O=C(c1ccc(Br)cc1)N1CCC(C(=O)N2CCSc3ccc(Cl)cc32)CC1. The van der Waals surface area contributed by atoms with Crippen molar-refractivity contribution in [2.45, 2.75) is 17.7 Å². The van der Waals surface area contributed by atoms with Crippen LogP contribution < -0.4 is 4.90 Å². The largest absolute Gasteiger partial charge is 0.339 e. The standard InChI is InChI=1S/C21H20BrClN2O2S/c22-16-3-1-14(2-4-16)20(26)24-9-7-15(8-10-24)21(27)25-11-12-28-19-6-5-17(23)13-18(19)25/h1-6,13,15H,7-12H2. The van der Waals surface area contributed by atoms with Crippen molar-refractivity contribution in [2.24, 2.45) is 5.92 Å². The molecule has 0 bridgehead atoms. The minimum atomic E-state index is -0.0519. The first-order valence-corrected chi connectivity index (χ1v) is 11.5. The van der Waals surface area contributed by atoms with Crippen LogP contribution in [0, 0.1) is 5.92 Å². The van der Waals surface area contributed by atoms with E-state index in [0.29, 0.717) is 43.1 Å². The van der Waals surface area contributed by atoms with Crippen LogP contribution in [0.5, 0.6) is 0 Å². The third kappa shape index (κ3) is 4.09. The molecule has 146 valence electrons. The first-order chi connectivity index (χ1) is 13.5. The lowest BCUT2D eigenvalue weighted by Crippen LogP contribution is -2.45. The molecule has 1 fully saturated rings. The number of anilines is 1. The number of thioether (sulfide) groups is 1. The summed E-state index contributed by atoms with van der Waals surface area (Å²) < 4.78 is 0.952. The van der Waals surface area contributed by atoms with Crippen molar-refractivity contribution in [3.8, 4) is 0 Å². The van der Waals surface area contributed by atoms with E-state index in [0.717, 1.165) is 20.8 Å². The summed E-state index contributed by atoms with van der Waals surface area (Å²) in [5.74, 6) is 1.02. The second-order valence-electron chi connectivity index (χ2n) is 7.02. The zero-order valence-corrected chi connectivity index (χ0v) is 18.4. The Kier molecular flexibility index (Phi) is 5.99. The van der Waals surface area contributed by atoms with Gasteiger partial charge in [-0.15, -0.1) is 11.8 Å². The molecule has 2 aromatic carbocycles. The lowest BCUT2D eigenvalue weighted by molar-refractivity contribution is -0.123. The zero-order chi connectivity index (χ0) is 19.7. The summed E-state index contributed by atoms with van der Waals surface area (Å²) in [6.07, 6.45) is 1.39. The summed E-state index contributed by atoms with van der Waals surface area (Å²) in [4.78, 5) is 30.7. The first-order valence-electron chi connectivity index (χ1n) is 9.31. The molecule has 28 heavy (non-hydrogen) atoms. The summed E-state index contributed by atoms with van der Waals surface area (Å²) in [6, 6.07) is 13.1. The highest BCUT2D eigenvalue weighted by Gasteiger charge is 2.33. The molecular weight excluding hydrogens is 460 g/mol. The van der Waals surface area contributed by atoms with Crippen LogP contribution in [0.4, 0.5) is 5.69 Å². The Morgan fingerprint density at radius 3 is 2.46 bits per heavy atom. The van der Waals surface area contributed by atoms with Gasteiger partial charge in [0.25, 0.3) is 5.91 Å². The van der Waals surface area contributed by atoms with Crippen molar-refractivity contribution in [3.05, 3.63) is 57.5 Å². The van der Waals surface area contributed by atoms with E-state index in [1.165, 1.54) is 0 Å². The van der Waals surface area contributed by atoms with E-state index in [1.54, 1.807) is 11.8 Å². The minimum Gasteiger partial charge on any atom is -0.339 e. The fourth-order valence-electron chi connectivity index (χ4n) is 3.74. The third-order valence-electron chi connectivity index (χ3n) is 5.27. The number of amides is 2. The van der Waals surface area contributed by atoms with Crippen molar-refractivity contribution < 1.29 is 9.59 Å². The van der Waals surface area contributed by atoms with Crippen molar-refractivity contribution in [2.75, 3.05) is 30.3 Å². The molecule has 0 aromatic heterocycles. The van der Waals surface area contributed by atoms with E-state index in [4.69, 9.17) is 11.6 Å². The van der Waals surface area contributed by atoms with Crippen LogP contribution in [0.2, 0.25) is 5.02 Å². The third-order valence-corrected chi connectivity index (χ3v) is 7.08. The molecule has 0 spiro atoms. The summed E-state index contributed by atoms with van der Waals surface area (Å²) in [6.45, 7) is 1.92. The van der Waals surface area contributed by atoms with E-state index in [-0.39, 0.29) is 17.7 Å². The average molecular weight is 480 g/mol. The fraction of sp³-hybridized carbons (Fsp3) is 0.333. The van der Waals surface area contributed by atoms with E-state index in [9.17, 15) is 9.59 Å². The molecule has 1 saturated heterocycles. The molecule has 2 aromatic rings. The molecule has 2 aliphatic rings. The Hall–Kier alpha value is -1.50. The Morgan fingerprint density at radius 2 is 1.75 bits per heavy atom. The van der Waals surface area contributed by atoms with Gasteiger partial charge in [0.1, 0.15) is 0 Å². The molecule has 2 aliphatic heterocycles. The summed E-state index contributed by atoms with van der Waals surface area (Å²) in [5.41, 5.74) is 1.60. The first kappa shape index (κ1) is 19.8. The zero-order valence-electron chi connectivity index (χ0n) is 15.2. The van der Waals surface area contributed by atoms with Crippen LogP contribution in [-0.2, 0) is 4.79 Å². The molecule has 4 nitrogen and oxygen atoms in total. The van der Waals surface area contributed by atoms with Gasteiger partial charge in [-0.3, -0.25) is 9.59 Å². The molecule has 2 amide bonds. The number of nitrogens with zero attached hydrogens (tertiary/aromatic N) is 2. The van der Waals surface area contributed by atoms with Gasteiger partial charge in [-0.1, -0.05) is 27.5 Å². The normalized spacial score (nSPS) is 17.4. The second-order valence-corrected chi connectivity index (χ2v) is 9.51. The van der Waals surface area contributed by atoms with Crippen LogP contribution in [0.15, 0.2) is 51.8 Å². The van der Waals surface area contributed by atoms with Crippen LogP contribution in [-0.4, -0.2) is 42.1 Å². The van der Waals surface area contributed by atoms with Gasteiger partial charge in [0.15, 0.2) is 0 Å². The molecule has 0 saturated carbocycles. The van der Waals surface area contributed by atoms with Gasteiger partial charge in [0, 0.05) is 51.3 Å². The number of carbonyl (C=O) groups is 2. The predicted octanol–water partition coefficient (Wildman–Crippen LogP) is 5.09. The molecule has 0 N–H and O–H groups in total. The predicted molar refractivity (Wildman–Crippen MR) is 117 cm³/mol. The topological polar surface area (TPSA) is 40.6 Å². The molecule has 0 aliphatic carbocycles. The maximum absolute atomic E-state index is 13.2. The highest BCUT2D eigenvalue weighted by atomic mass is 79.9. The Balaban J connectivity index is 1.42. The fourth-order valence-corrected chi connectivity index (χ4v) is 5.15. The lowest BCUT2D eigenvalue weighted by atomic mass is 9.94. The lowest BCUT2D eigenvalue weighted by Gasteiger charge is -2.36. The number of carbonyl (C=O) groups excluding carboxylic acids is 2. The van der Waals surface area contributed by atoms with E-state index < -0.39 is 0 Å². The van der Waals surface area contributed by atoms with Crippen LogP contribution >= 0.6 is 39.3 Å². The van der Waals surface area contributed by atoms with Gasteiger partial charge in [-0.25, -0.2) is 0 Å². The van der Waals surface area contributed by atoms with E-state index in [2.05, 4.69) is 15.9 Å². The van der Waals surface area contributed by atoms with Gasteiger partial charge in [-0.2, -0.15) is 0 Å². The number of halogens is 2. The Bertz CT molecular complexity index is 898. The van der Waals surface area contributed by atoms with Crippen LogP contribution in [0.25, 0.3) is 0 Å². The van der Waals surface area contributed by atoms with Gasteiger partial charge < -0.3 is 9.80 Å². The maximum atomic E-state index is 13.2. The number of piperidine rings is 1. The smallest absolute Gasteiger partial charge is 0.253 e. The monoisotopic (exact) mass is 478 g/mol. The van der Waals surface area contributed by atoms with Crippen LogP contribution in [0.3, 0.4) is 0 Å². The Labute approximate surface area is 182 Å². The highest BCUT2D eigenvalue weighted by Crippen LogP contribution is 2.38. The quantitative estimate of drug-likeness (QED) is 0.602. The number of benzene rings is 2. The molecule has 7 heteroatoms. The summed E-state index contributed by atoms with van der Waals surface area (Å²) in [5, 5.41) is 0.647. The van der Waals surface area contributed by atoms with Gasteiger partial charge in [-0.05, 0) is 55.3 Å². The molecule has 2 heterocycles. The number of hydrogen-bond acceptors (Lipinski definition) is 3. The number of likely N-dealkylation sites (tertiary alicyclic amines) is 1. The summed E-state index contributed by atoms with van der Waals surface area (Å²) in [7, 11) is 0. The molecule has 0 unspecified atom stereocenters. The van der Waals surface area contributed by atoms with Gasteiger partial charge in [0.2, 0.25) is 5.91 Å². The number of rotatable bonds is 2. The molecular formula is C21H20BrClN2O2S. The van der Waals surface area contributed by atoms with E-state index >= 15 is 0 Å². The van der Waals surface area contributed by atoms with Crippen LogP contribution in [0.1, 0.15) is 23.2 Å². The second kappa shape index (κ2) is 8.47. The summed E-state index contributed by atoms with van der Waals surface area (Å²) >= 11 is 11.3. The van der Waals surface area contributed by atoms with Crippen molar-refractivity contribution in [3.63, 3.8) is 0 Å². The van der Waals surface area contributed by atoms with Crippen molar-refractivity contribution >= 4 is 56.8 Å². The van der Waals surface area contributed by atoms with Gasteiger partial charge in [0.05, 0.1) is 5.69 Å². The molecule has 0 atom stereocenters. The number of hydrogen-bond donors (Lipinski definition) is 0. The molecule has 0 radical (unpaired) electrons. The van der Waals surface area contributed by atoms with Crippen molar-refractivity contribution in [1.82, 2.24) is 4.90 Å². The molecule has 4 rings (SSSR count). The highest BCUT2D eigenvalue weighted by molar-refractivity contribution is 9.10. The van der Waals surface area contributed by atoms with E-state index in [1.807, 2.05) is 52.3 Å². The van der Waals surface area contributed by atoms with Gasteiger partial charge >= 0.3 is 0 Å². The average Bonchev–Trinajstić information content (AvgIpc) is 2.73. The Morgan fingerprint density at radius 1 is 1.04 bits per heavy atom. The number of fused-ring (bicyclic) bond motifs is 1. The van der Waals surface area contributed by atoms with Crippen molar-refractivity contribution in [1.29, 1.82) is 0 Å².